The molecule has 0 spiro atoms. The van der Waals surface area contributed by atoms with Gasteiger partial charge in [0.1, 0.15) is 5.82 Å². The summed E-state index contributed by atoms with van der Waals surface area (Å²) in [5, 5.41) is 3.92. The van der Waals surface area contributed by atoms with Gasteiger partial charge in [0.05, 0.1) is 33.8 Å². The number of aromatic amines is 1. The van der Waals surface area contributed by atoms with E-state index in [-0.39, 0.29) is 11.9 Å². The average molecular weight is 406 g/mol. The van der Waals surface area contributed by atoms with Gasteiger partial charge in [0.25, 0.3) is 5.91 Å². The quantitative estimate of drug-likeness (QED) is 0.409. The van der Waals surface area contributed by atoms with Crippen LogP contribution in [0.3, 0.4) is 0 Å². The monoisotopic (exact) mass is 406 g/mol. The maximum absolute atomic E-state index is 13.3. The molecule has 2 heterocycles. The molecular weight excluding hydrogens is 384 g/mol. The molecule has 0 bridgehead atoms. The molecule has 5 aromatic rings. The molecule has 0 aliphatic carbocycles. The zero-order valence-corrected chi connectivity index (χ0v) is 17.4. The first-order valence-electron chi connectivity index (χ1n) is 10.3. The summed E-state index contributed by atoms with van der Waals surface area (Å²) in [4.78, 5) is 26.1. The number of rotatable bonds is 4. The van der Waals surface area contributed by atoms with E-state index < -0.39 is 0 Å². The van der Waals surface area contributed by atoms with Gasteiger partial charge in [-0.15, -0.1) is 0 Å². The molecule has 2 N–H and O–H groups in total. The van der Waals surface area contributed by atoms with Crippen LogP contribution in [-0.2, 0) is 0 Å². The number of imidazole rings is 1. The highest BCUT2D eigenvalue weighted by molar-refractivity contribution is 6.07. The van der Waals surface area contributed by atoms with Gasteiger partial charge in [-0.25, -0.2) is 9.97 Å². The van der Waals surface area contributed by atoms with Crippen molar-refractivity contribution in [3.8, 4) is 11.3 Å². The molecule has 1 atom stereocenters. The third-order valence-electron chi connectivity index (χ3n) is 5.44. The molecule has 1 unspecified atom stereocenters. The Kier molecular flexibility index (Phi) is 4.71. The van der Waals surface area contributed by atoms with Crippen LogP contribution in [0.2, 0.25) is 0 Å². The Bertz CT molecular complexity index is 1410. The standard InChI is InChI=1S/C26H22N4O/c1-16-12-13-22-24(14-16)30-25(29-22)17(2)27-26(31)20-15-23(18-8-4-3-5-9-18)28-21-11-7-6-10-19(20)21/h3-15,17H,1-2H3,(H,27,31)(H,29,30). The van der Waals surface area contributed by atoms with E-state index in [2.05, 4.69) is 21.4 Å². The minimum absolute atomic E-state index is 0.153. The number of aryl methyl sites for hydroxylation is 1. The predicted molar refractivity (Wildman–Crippen MR) is 124 cm³/mol. The molecule has 0 saturated heterocycles. The van der Waals surface area contributed by atoms with Crippen LogP contribution < -0.4 is 5.32 Å². The maximum atomic E-state index is 13.3. The second kappa shape index (κ2) is 7.69. The number of fused-ring (bicyclic) bond motifs is 2. The van der Waals surface area contributed by atoms with Gasteiger partial charge in [-0.2, -0.15) is 0 Å². The first kappa shape index (κ1) is 19.0. The zero-order valence-electron chi connectivity index (χ0n) is 17.4. The van der Waals surface area contributed by atoms with E-state index in [4.69, 9.17) is 4.98 Å². The molecule has 5 heteroatoms. The SMILES string of the molecule is Cc1ccc2nc(C(C)NC(=O)c3cc(-c4ccccc4)nc4ccccc34)[nH]c2c1. The topological polar surface area (TPSA) is 70.7 Å². The Labute approximate surface area is 180 Å². The van der Waals surface area contributed by atoms with Crippen molar-refractivity contribution in [1.82, 2.24) is 20.3 Å². The minimum atomic E-state index is -0.271. The van der Waals surface area contributed by atoms with Gasteiger partial charge in [-0.3, -0.25) is 4.79 Å². The summed E-state index contributed by atoms with van der Waals surface area (Å²) in [5.41, 5.74) is 6.17. The number of hydrogen-bond donors (Lipinski definition) is 2. The molecule has 0 saturated carbocycles. The van der Waals surface area contributed by atoms with E-state index in [1.54, 1.807) is 0 Å². The van der Waals surface area contributed by atoms with Gasteiger partial charge in [0.2, 0.25) is 0 Å². The van der Waals surface area contributed by atoms with Crippen LogP contribution in [0.1, 0.15) is 34.7 Å². The van der Waals surface area contributed by atoms with Crippen molar-refractivity contribution in [3.63, 3.8) is 0 Å². The number of carbonyl (C=O) groups excluding carboxylic acids is 1. The second-order valence-corrected chi connectivity index (χ2v) is 7.78. The largest absolute Gasteiger partial charge is 0.342 e. The molecule has 5 nitrogen and oxygen atoms in total. The fourth-order valence-corrected chi connectivity index (χ4v) is 3.81. The number of benzene rings is 3. The summed E-state index contributed by atoms with van der Waals surface area (Å²) < 4.78 is 0. The van der Waals surface area contributed by atoms with E-state index in [0.717, 1.165) is 44.6 Å². The Morgan fingerprint density at radius 1 is 0.903 bits per heavy atom. The Hall–Kier alpha value is -3.99. The highest BCUT2D eigenvalue weighted by atomic mass is 16.1. The van der Waals surface area contributed by atoms with Crippen LogP contribution in [-0.4, -0.2) is 20.9 Å². The van der Waals surface area contributed by atoms with Crippen LogP contribution in [0.4, 0.5) is 0 Å². The number of hydrogen-bond acceptors (Lipinski definition) is 3. The van der Waals surface area contributed by atoms with Crippen LogP contribution >= 0.6 is 0 Å². The van der Waals surface area contributed by atoms with E-state index in [9.17, 15) is 4.79 Å². The van der Waals surface area contributed by atoms with Gasteiger partial charge < -0.3 is 10.3 Å². The van der Waals surface area contributed by atoms with E-state index in [1.807, 2.05) is 86.6 Å². The highest BCUT2D eigenvalue weighted by Gasteiger charge is 2.18. The first-order valence-corrected chi connectivity index (χ1v) is 10.3. The van der Waals surface area contributed by atoms with Crippen LogP contribution in [0.15, 0.2) is 78.9 Å². The molecule has 5 rings (SSSR count). The fraction of sp³-hybridized carbons (Fsp3) is 0.115. The van der Waals surface area contributed by atoms with Gasteiger partial charge >= 0.3 is 0 Å². The lowest BCUT2D eigenvalue weighted by molar-refractivity contribution is 0.0940. The summed E-state index contributed by atoms with van der Waals surface area (Å²) in [6.45, 7) is 3.98. The van der Waals surface area contributed by atoms with E-state index in [0.29, 0.717) is 5.56 Å². The normalized spacial score (nSPS) is 12.2. The lowest BCUT2D eigenvalue weighted by Crippen LogP contribution is -2.27. The summed E-state index contributed by atoms with van der Waals surface area (Å²) in [5.74, 6) is 0.579. The molecule has 0 aliphatic heterocycles. The van der Waals surface area contributed by atoms with Crippen molar-refractivity contribution in [2.24, 2.45) is 0 Å². The van der Waals surface area contributed by atoms with Crippen molar-refractivity contribution >= 4 is 27.8 Å². The Morgan fingerprint density at radius 3 is 2.52 bits per heavy atom. The van der Waals surface area contributed by atoms with E-state index in [1.165, 1.54) is 0 Å². The molecule has 0 aliphatic rings. The second-order valence-electron chi connectivity index (χ2n) is 7.78. The average Bonchev–Trinajstić information content (AvgIpc) is 3.22. The third kappa shape index (κ3) is 3.66. The molecule has 2 aromatic heterocycles. The van der Waals surface area contributed by atoms with Gasteiger partial charge in [0, 0.05) is 10.9 Å². The van der Waals surface area contributed by atoms with Gasteiger partial charge in [-0.1, -0.05) is 54.6 Å². The number of pyridine rings is 1. The summed E-state index contributed by atoms with van der Waals surface area (Å²) >= 11 is 0. The van der Waals surface area contributed by atoms with Crippen molar-refractivity contribution in [1.29, 1.82) is 0 Å². The first-order chi connectivity index (χ1) is 15.1. The summed E-state index contributed by atoms with van der Waals surface area (Å²) in [7, 11) is 0. The van der Waals surface area contributed by atoms with Crippen molar-refractivity contribution < 1.29 is 4.79 Å². The lowest BCUT2D eigenvalue weighted by atomic mass is 10.0. The van der Waals surface area contributed by atoms with Crippen LogP contribution in [0, 0.1) is 6.92 Å². The lowest BCUT2D eigenvalue weighted by Gasteiger charge is -2.14. The molecule has 3 aromatic carbocycles. The number of nitrogens with zero attached hydrogens (tertiary/aromatic N) is 2. The number of amides is 1. The van der Waals surface area contributed by atoms with Crippen LogP contribution in [0.25, 0.3) is 33.2 Å². The smallest absolute Gasteiger partial charge is 0.252 e. The number of para-hydroxylation sites is 1. The molecule has 152 valence electrons. The number of nitrogens with one attached hydrogen (secondary N) is 2. The van der Waals surface area contributed by atoms with Crippen molar-refractivity contribution in [3.05, 3.63) is 95.8 Å². The summed E-state index contributed by atoms with van der Waals surface area (Å²) in [6, 6.07) is 25.3. The van der Waals surface area contributed by atoms with Gasteiger partial charge in [0.15, 0.2) is 0 Å². The molecule has 0 radical (unpaired) electrons. The summed E-state index contributed by atoms with van der Waals surface area (Å²) in [6.07, 6.45) is 0. The highest BCUT2D eigenvalue weighted by Crippen LogP contribution is 2.25. The molecule has 31 heavy (non-hydrogen) atoms. The molecule has 1 amide bonds. The predicted octanol–water partition coefficient (Wildman–Crippen LogP) is 5.58. The van der Waals surface area contributed by atoms with Gasteiger partial charge in [-0.05, 0) is 43.7 Å². The zero-order chi connectivity index (χ0) is 21.4. The Balaban J connectivity index is 1.51. The number of carbonyl (C=O) groups is 1. The van der Waals surface area contributed by atoms with E-state index >= 15 is 0 Å². The third-order valence-corrected chi connectivity index (χ3v) is 5.44. The molecular formula is C26H22N4O. The maximum Gasteiger partial charge on any atom is 0.252 e. The Morgan fingerprint density at radius 2 is 1.68 bits per heavy atom. The fourth-order valence-electron chi connectivity index (χ4n) is 3.81. The number of aromatic nitrogens is 3. The molecule has 0 fully saturated rings. The van der Waals surface area contributed by atoms with Crippen molar-refractivity contribution in [2.75, 3.05) is 0 Å². The number of H-pyrrole nitrogens is 1. The van der Waals surface area contributed by atoms with Crippen molar-refractivity contribution in [2.45, 2.75) is 19.9 Å². The minimum Gasteiger partial charge on any atom is -0.342 e. The van der Waals surface area contributed by atoms with Crippen LogP contribution in [0.5, 0.6) is 0 Å².